The van der Waals surface area contributed by atoms with Gasteiger partial charge in [-0.2, -0.15) is 0 Å². The molecule has 2 rings (SSSR count). The van der Waals surface area contributed by atoms with Gasteiger partial charge in [-0.25, -0.2) is 0 Å². The van der Waals surface area contributed by atoms with Crippen LogP contribution in [0.5, 0.6) is 5.75 Å². The van der Waals surface area contributed by atoms with E-state index in [1.54, 1.807) is 14.0 Å². The lowest BCUT2D eigenvalue weighted by Crippen LogP contribution is -2.25. The van der Waals surface area contributed by atoms with Gasteiger partial charge in [0.05, 0.1) is 23.8 Å². The average molecular weight is 415 g/mol. The van der Waals surface area contributed by atoms with Crippen LogP contribution in [0.3, 0.4) is 0 Å². The molecule has 0 saturated heterocycles. The largest absolute Gasteiger partial charge is 0.495 e. The number of anilines is 2. The summed E-state index contributed by atoms with van der Waals surface area (Å²) in [4.78, 5) is 24.8. The number of hydrogen-bond acceptors (Lipinski definition) is 4. The van der Waals surface area contributed by atoms with Crippen molar-refractivity contribution in [3.63, 3.8) is 0 Å². The summed E-state index contributed by atoms with van der Waals surface area (Å²) in [5.74, 6) is 0.510. The molecule has 2 N–H and O–H groups in total. The minimum Gasteiger partial charge on any atom is -0.495 e. The third-order valence-electron chi connectivity index (χ3n) is 4.49. The number of thioether (sulfide) groups is 1. The number of nitrogens with one attached hydrogen (secondary N) is 2. The second kappa shape index (κ2) is 9.83. The van der Waals surface area contributed by atoms with Gasteiger partial charge in [0.2, 0.25) is 11.8 Å². The molecule has 0 radical (unpaired) electrons. The maximum Gasteiger partial charge on any atom is 0.237 e. The molecule has 0 saturated carbocycles. The molecule has 156 valence electrons. The van der Waals surface area contributed by atoms with Gasteiger partial charge in [-0.05, 0) is 49.1 Å². The van der Waals surface area contributed by atoms with Crippen molar-refractivity contribution in [2.45, 2.75) is 45.3 Å². The first kappa shape index (κ1) is 22.8. The van der Waals surface area contributed by atoms with Crippen molar-refractivity contribution in [3.8, 4) is 5.75 Å². The first-order valence-corrected chi connectivity index (χ1v) is 10.6. The minimum absolute atomic E-state index is 0.0415. The van der Waals surface area contributed by atoms with Crippen LogP contribution in [0.15, 0.2) is 42.5 Å². The van der Waals surface area contributed by atoms with Gasteiger partial charge in [0.1, 0.15) is 5.75 Å². The van der Waals surface area contributed by atoms with Gasteiger partial charge >= 0.3 is 0 Å². The number of ether oxygens (including phenoxy) is 1. The quantitative estimate of drug-likeness (QED) is 0.669. The van der Waals surface area contributed by atoms with Gasteiger partial charge in [0.25, 0.3) is 0 Å². The Kier molecular flexibility index (Phi) is 7.73. The van der Waals surface area contributed by atoms with Crippen molar-refractivity contribution >= 4 is 35.0 Å². The highest BCUT2D eigenvalue weighted by molar-refractivity contribution is 8.01. The number of methoxy groups -OCH3 is 1. The molecule has 1 unspecified atom stereocenters. The third kappa shape index (κ3) is 6.82. The summed E-state index contributed by atoms with van der Waals surface area (Å²) in [5.41, 5.74) is 3.59. The van der Waals surface area contributed by atoms with E-state index in [-0.39, 0.29) is 28.2 Å². The fourth-order valence-electron chi connectivity index (χ4n) is 2.62. The monoisotopic (exact) mass is 414 g/mol. The lowest BCUT2D eigenvalue weighted by Gasteiger charge is -2.22. The Morgan fingerprint density at radius 3 is 2.31 bits per heavy atom. The van der Waals surface area contributed by atoms with Gasteiger partial charge in [-0.3, -0.25) is 9.59 Å². The Morgan fingerprint density at radius 1 is 1.07 bits per heavy atom. The van der Waals surface area contributed by atoms with Crippen LogP contribution in [0, 0.1) is 6.92 Å². The average Bonchev–Trinajstić information content (AvgIpc) is 2.67. The summed E-state index contributed by atoms with van der Waals surface area (Å²) in [6.07, 6.45) is 0. The molecular weight excluding hydrogens is 384 g/mol. The van der Waals surface area contributed by atoms with E-state index in [2.05, 4.69) is 31.4 Å². The summed E-state index contributed by atoms with van der Waals surface area (Å²) in [6, 6.07) is 13.4. The Hall–Kier alpha value is -2.47. The van der Waals surface area contributed by atoms with E-state index in [9.17, 15) is 9.59 Å². The van der Waals surface area contributed by atoms with Crippen LogP contribution in [0.25, 0.3) is 0 Å². The van der Waals surface area contributed by atoms with Crippen molar-refractivity contribution in [2.75, 3.05) is 23.5 Å². The molecule has 0 heterocycles. The number of carbonyl (C=O) groups is 2. The zero-order valence-corrected chi connectivity index (χ0v) is 18.8. The van der Waals surface area contributed by atoms with E-state index in [0.717, 1.165) is 16.8 Å². The molecule has 5 nitrogen and oxygen atoms in total. The molecular formula is C23H30N2O3S. The van der Waals surface area contributed by atoms with Crippen molar-refractivity contribution in [1.29, 1.82) is 0 Å². The van der Waals surface area contributed by atoms with Gasteiger partial charge in [0, 0.05) is 5.69 Å². The maximum absolute atomic E-state index is 12.6. The van der Waals surface area contributed by atoms with E-state index in [0.29, 0.717) is 11.4 Å². The number of rotatable bonds is 7. The number of benzene rings is 2. The highest BCUT2D eigenvalue weighted by Crippen LogP contribution is 2.32. The molecule has 0 aliphatic heterocycles. The Morgan fingerprint density at radius 2 is 1.72 bits per heavy atom. The molecule has 0 bridgehead atoms. The summed E-state index contributed by atoms with van der Waals surface area (Å²) in [5, 5.41) is 5.39. The van der Waals surface area contributed by atoms with Crippen LogP contribution >= 0.6 is 11.8 Å². The second-order valence-corrected chi connectivity index (χ2v) is 9.35. The van der Waals surface area contributed by atoms with E-state index >= 15 is 0 Å². The number of aryl methyl sites for hydroxylation is 1. The zero-order chi connectivity index (χ0) is 21.6. The highest BCUT2D eigenvalue weighted by atomic mass is 32.2. The normalized spacial score (nSPS) is 12.2. The molecule has 6 heteroatoms. The number of amides is 2. The first-order valence-electron chi connectivity index (χ1n) is 9.57. The van der Waals surface area contributed by atoms with Gasteiger partial charge in [-0.1, -0.05) is 44.5 Å². The maximum atomic E-state index is 12.6. The fraction of sp³-hybridized carbons (Fsp3) is 0.391. The van der Waals surface area contributed by atoms with Gasteiger partial charge in [0.15, 0.2) is 0 Å². The van der Waals surface area contributed by atoms with E-state index in [1.807, 2.05) is 49.4 Å². The van der Waals surface area contributed by atoms with Crippen molar-refractivity contribution in [3.05, 3.63) is 53.6 Å². The molecule has 0 spiro atoms. The number of hydrogen-bond donors (Lipinski definition) is 2. The predicted octanol–water partition coefficient (Wildman–Crippen LogP) is 5.00. The molecule has 0 aliphatic rings. The Balaban J connectivity index is 1.94. The summed E-state index contributed by atoms with van der Waals surface area (Å²) < 4.78 is 5.38. The van der Waals surface area contributed by atoms with Crippen molar-refractivity contribution in [2.24, 2.45) is 0 Å². The van der Waals surface area contributed by atoms with Crippen LogP contribution in [-0.4, -0.2) is 29.9 Å². The molecule has 0 fully saturated rings. The highest BCUT2D eigenvalue weighted by Gasteiger charge is 2.20. The standard InChI is InChI=1S/C23H30N2O3S/c1-15-7-10-18(11-8-15)24-21(26)14-29-16(2)22(27)25-19-13-17(23(3,4)5)9-12-20(19)28-6/h7-13,16H,14H2,1-6H3,(H,24,26)(H,25,27). The molecule has 2 amide bonds. The molecule has 0 aromatic heterocycles. The second-order valence-electron chi connectivity index (χ2n) is 8.02. The van der Waals surface area contributed by atoms with Gasteiger partial charge < -0.3 is 15.4 Å². The molecule has 2 aromatic rings. The number of carbonyl (C=O) groups excluding carboxylic acids is 2. The summed E-state index contributed by atoms with van der Waals surface area (Å²) >= 11 is 1.29. The molecule has 29 heavy (non-hydrogen) atoms. The summed E-state index contributed by atoms with van der Waals surface area (Å²) in [6.45, 7) is 10.1. The van der Waals surface area contributed by atoms with Gasteiger partial charge in [-0.15, -0.1) is 11.8 Å². The zero-order valence-electron chi connectivity index (χ0n) is 18.0. The SMILES string of the molecule is COc1ccc(C(C)(C)C)cc1NC(=O)C(C)SCC(=O)Nc1ccc(C)cc1. The van der Waals surface area contributed by atoms with Crippen LogP contribution in [0.4, 0.5) is 11.4 Å². The predicted molar refractivity (Wildman–Crippen MR) is 122 cm³/mol. The fourth-order valence-corrected chi connectivity index (χ4v) is 3.30. The lowest BCUT2D eigenvalue weighted by molar-refractivity contribution is -0.115. The Labute approximate surface area is 177 Å². The molecule has 2 aromatic carbocycles. The topological polar surface area (TPSA) is 67.4 Å². The van der Waals surface area contributed by atoms with Crippen molar-refractivity contribution in [1.82, 2.24) is 0 Å². The smallest absolute Gasteiger partial charge is 0.237 e. The molecule has 0 aliphatic carbocycles. The Bertz CT molecular complexity index is 857. The van der Waals surface area contributed by atoms with E-state index in [4.69, 9.17) is 4.74 Å². The third-order valence-corrected chi connectivity index (χ3v) is 5.64. The summed E-state index contributed by atoms with van der Waals surface area (Å²) in [7, 11) is 1.58. The van der Waals surface area contributed by atoms with Crippen LogP contribution in [0.2, 0.25) is 0 Å². The van der Waals surface area contributed by atoms with Crippen LogP contribution in [-0.2, 0) is 15.0 Å². The molecule has 1 atom stereocenters. The van der Waals surface area contributed by atoms with E-state index in [1.165, 1.54) is 11.8 Å². The van der Waals surface area contributed by atoms with Crippen LogP contribution in [0.1, 0.15) is 38.8 Å². The van der Waals surface area contributed by atoms with Crippen molar-refractivity contribution < 1.29 is 14.3 Å². The lowest BCUT2D eigenvalue weighted by atomic mass is 9.87. The van der Waals surface area contributed by atoms with E-state index < -0.39 is 0 Å². The minimum atomic E-state index is -0.387. The van der Waals surface area contributed by atoms with Crippen LogP contribution < -0.4 is 15.4 Å². The first-order chi connectivity index (χ1) is 13.6.